The molecule has 2 atom stereocenters. The second-order valence-electron chi connectivity index (χ2n) is 7.54. The number of carbonyl (C=O) groups is 2. The van der Waals surface area contributed by atoms with E-state index in [4.69, 9.17) is 14.2 Å². The van der Waals surface area contributed by atoms with Crippen LogP contribution in [-0.2, 0) is 20.9 Å². The van der Waals surface area contributed by atoms with Crippen molar-refractivity contribution in [3.63, 3.8) is 0 Å². The molecule has 128 valence electrons. The standard InChI is InChI=1S/C18H21NO5/c1-16(2)17(3)6-7-18(16,24-15(17)21)14(20)19-9-11-4-5-12-13(8-11)23-10-22-12/h4-5,8H,6-7,9-10H2,1-3H3,(H,19,20)/t17-,18+/m0/s1. The molecule has 1 saturated heterocycles. The molecule has 4 rings (SSSR count). The van der Waals surface area contributed by atoms with Crippen LogP contribution in [0, 0.1) is 10.8 Å². The summed E-state index contributed by atoms with van der Waals surface area (Å²) in [5.41, 5.74) is -1.29. The fourth-order valence-electron chi connectivity index (χ4n) is 4.12. The fraction of sp³-hybridized carbons (Fsp3) is 0.556. The van der Waals surface area contributed by atoms with Gasteiger partial charge in [0.1, 0.15) is 0 Å². The molecule has 1 saturated carbocycles. The third-order valence-corrected chi connectivity index (χ3v) is 6.34. The van der Waals surface area contributed by atoms with Crippen molar-refractivity contribution >= 4 is 11.9 Å². The minimum absolute atomic E-state index is 0.219. The Morgan fingerprint density at radius 3 is 2.58 bits per heavy atom. The van der Waals surface area contributed by atoms with Gasteiger partial charge < -0.3 is 19.5 Å². The second kappa shape index (κ2) is 4.65. The van der Waals surface area contributed by atoms with Crippen molar-refractivity contribution in [3.8, 4) is 11.5 Å². The molecule has 2 bridgehead atoms. The first kappa shape index (κ1) is 15.3. The SMILES string of the molecule is CC1(C)[C@@]2(C)CC[C@]1(C(=O)NCc1ccc3c(c1)OCO3)OC2=O. The Hall–Kier alpha value is -2.24. The highest BCUT2D eigenvalue weighted by Crippen LogP contribution is 2.65. The largest absolute Gasteiger partial charge is 0.454 e. The van der Waals surface area contributed by atoms with Crippen molar-refractivity contribution < 1.29 is 23.8 Å². The van der Waals surface area contributed by atoms with Crippen molar-refractivity contribution in [3.05, 3.63) is 23.8 Å². The van der Waals surface area contributed by atoms with Gasteiger partial charge in [0.05, 0.1) is 5.41 Å². The summed E-state index contributed by atoms with van der Waals surface area (Å²) in [5.74, 6) is 0.902. The van der Waals surface area contributed by atoms with E-state index in [0.29, 0.717) is 30.9 Å². The van der Waals surface area contributed by atoms with E-state index >= 15 is 0 Å². The van der Waals surface area contributed by atoms with Crippen LogP contribution in [0.2, 0.25) is 0 Å². The molecule has 6 nitrogen and oxygen atoms in total. The Bertz CT molecular complexity index is 743. The zero-order valence-electron chi connectivity index (χ0n) is 14.1. The maximum absolute atomic E-state index is 12.9. The zero-order valence-corrected chi connectivity index (χ0v) is 14.1. The van der Waals surface area contributed by atoms with Crippen molar-refractivity contribution in [2.24, 2.45) is 10.8 Å². The van der Waals surface area contributed by atoms with E-state index in [1.54, 1.807) is 0 Å². The summed E-state index contributed by atoms with van der Waals surface area (Å²) < 4.78 is 16.2. The van der Waals surface area contributed by atoms with Crippen LogP contribution >= 0.6 is 0 Å². The van der Waals surface area contributed by atoms with Gasteiger partial charge in [-0.3, -0.25) is 9.59 Å². The Labute approximate surface area is 140 Å². The summed E-state index contributed by atoms with van der Waals surface area (Å²) in [6.07, 6.45) is 1.24. The number of ether oxygens (including phenoxy) is 3. The van der Waals surface area contributed by atoms with Crippen LogP contribution in [0.1, 0.15) is 39.2 Å². The van der Waals surface area contributed by atoms with Crippen LogP contribution in [0.4, 0.5) is 0 Å². The first-order valence-corrected chi connectivity index (χ1v) is 8.20. The molecule has 1 N–H and O–H groups in total. The van der Waals surface area contributed by atoms with Crippen molar-refractivity contribution in [1.29, 1.82) is 0 Å². The Balaban J connectivity index is 1.52. The molecular weight excluding hydrogens is 310 g/mol. The summed E-state index contributed by atoms with van der Waals surface area (Å²) in [6, 6.07) is 5.56. The van der Waals surface area contributed by atoms with Gasteiger partial charge in [0, 0.05) is 12.0 Å². The van der Waals surface area contributed by atoms with E-state index in [2.05, 4.69) is 5.32 Å². The molecule has 0 radical (unpaired) electrons. The molecule has 24 heavy (non-hydrogen) atoms. The molecule has 0 unspecified atom stereocenters. The van der Waals surface area contributed by atoms with Gasteiger partial charge in [-0.1, -0.05) is 19.9 Å². The molecule has 0 spiro atoms. The number of amides is 1. The van der Waals surface area contributed by atoms with E-state index in [1.807, 2.05) is 39.0 Å². The van der Waals surface area contributed by atoms with Gasteiger partial charge in [-0.05, 0) is 37.5 Å². The maximum atomic E-state index is 12.9. The summed E-state index contributed by atoms with van der Waals surface area (Å²) in [7, 11) is 0. The quantitative estimate of drug-likeness (QED) is 0.859. The van der Waals surface area contributed by atoms with Crippen LogP contribution in [0.5, 0.6) is 11.5 Å². The third-order valence-electron chi connectivity index (χ3n) is 6.34. The van der Waals surface area contributed by atoms with Crippen LogP contribution in [0.3, 0.4) is 0 Å². The molecule has 1 amide bonds. The second-order valence-corrected chi connectivity index (χ2v) is 7.54. The lowest BCUT2D eigenvalue weighted by molar-refractivity contribution is -0.168. The smallest absolute Gasteiger partial charge is 0.313 e. The highest BCUT2D eigenvalue weighted by atomic mass is 16.7. The third kappa shape index (κ3) is 1.71. The maximum Gasteiger partial charge on any atom is 0.313 e. The normalized spacial score (nSPS) is 31.9. The van der Waals surface area contributed by atoms with Crippen LogP contribution < -0.4 is 14.8 Å². The van der Waals surface area contributed by atoms with Gasteiger partial charge in [0.2, 0.25) is 6.79 Å². The van der Waals surface area contributed by atoms with Crippen LogP contribution in [0.15, 0.2) is 18.2 Å². The number of carbonyl (C=O) groups excluding carboxylic acids is 2. The van der Waals surface area contributed by atoms with Crippen LogP contribution in [0.25, 0.3) is 0 Å². The molecule has 6 heteroatoms. The molecule has 3 aliphatic rings. The minimum Gasteiger partial charge on any atom is -0.454 e. The molecule has 2 fully saturated rings. The van der Waals surface area contributed by atoms with Crippen molar-refractivity contribution in [2.45, 2.75) is 45.8 Å². The Morgan fingerprint density at radius 1 is 1.17 bits per heavy atom. The lowest BCUT2D eigenvalue weighted by Crippen LogP contribution is -2.53. The van der Waals surface area contributed by atoms with Gasteiger partial charge in [0.25, 0.3) is 5.91 Å². The Morgan fingerprint density at radius 2 is 1.92 bits per heavy atom. The number of nitrogens with one attached hydrogen (secondary N) is 1. The summed E-state index contributed by atoms with van der Waals surface area (Å²) in [6.45, 7) is 6.36. The van der Waals surface area contributed by atoms with E-state index in [1.165, 1.54) is 0 Å². The molecular formula is C18H21NO5. The fourth-order valence-corrected chi connectivity index (χ4v) is 4.12. The lowest BCUT2D eigenvalue weighted by Gasteiger charge is -2.35. The van der Waals surface area contributed by atoms with E-state index in [9.17, 15) is 9.59 Å². The number of rotatable bonds is 3. The first-order chi connectivity index (χ1) is 11.3. The van der Waals surface area contributed by atoms with E-state index in [0.717, 1.165) is 5.56 Å². The molecule has 2 aliphatic heterocycles. The number of esters is 1. The lowest BCUT2D eigenvalue weighted by atomic mass is 9.66. The summed E-state index contributed by atoms with van der Waals surface area (Å²) in [4.78, 5) is 25.1. The molecule has 2 heterocycles. The van der Waals surface area contributed by atoms with Gasteiger partial charge in [0.15, 0.2) is 17.1 Å². The van der Waals surface area contributed by atoms with E-state index in [-0.39, 0.29) is 18.7 Å². The average molecular weight is 331 g/mol. The van der Waals surface area contributed by atoms with E-state index < -0.39 is 16.4 Å². The predicted molar refractivity (Wildman–Crippen MR) is 84.4 cm³/mol. The minimum atomic E-state index is -1.07. The molecule has 1 aliphatic carbocycles. The molecule has 1 aromatic carbocycles. The van der Waals surface area contributed by atoms with Crippen molar-refractivity contribution in [2.75, 3.05) is 6.79 Å². The predicted octanol–water partition coefficient (Wildman–Crippen LogP) is 2.15. The zero-order chi connectivity index (χ0) is 17.2. The number of hydrogen-bond donors (Lipinski definition) is 1. The monoisotopic (exact) mass is 331 g/mol. The van der Waals surface area contributed by atoms with Gasteiger partial charge in [-0.15, -0.1) is 0 Å². The van der Waals surface area contributed by atoms with Crippen molar-refractivity contribution in [1.82, 2.24) is 5.32 Å². The first-order valence-electron chi connectivity index (χ1n) is 8.20. The summed E-state index contributed by atoms with van der Waals surface area (Å²) in [5, 5.41) is 2.93. The Kier molecular flexibility index (Phi) is 2.96. The molecule has 1 aromatic rings. The van der Waals surface area contributed by atoms with Gasteiger partial charge in [-0.25, -0.2) is 0 Å². The summed E-state index contributed by atoms with van der Waals surface area (Å²) >= 11 is 0. The number of fused-ring (bicyclic) bond motifs is 3. The molecule has 0 aromatic heterocycles. The highest BCUT2D eigenvalue weighted by molar-refractivity contribution is 5.96. The topological polar surface area (TPSA) is 73.9 Å². The number of hydrogen-bond acceptors (Lipinski definition) is 5. The van der Waals surface area contributed by atoms with Crippen LogP contribution in [-0.4, -0.2) is 24.3 Å². The number of benzene rings is 1. The average Bonchev–Trinajstić information content (AvgIpc) is 3.13. The van der Waals surface area contributed by atoms with Gasteiger partial charge >= 0.3 is 5.97 Å². The highest BCUT2D eigenvalue weighted by Gasteiger charge is 2.75. The van der Waals surface area contributed by atoms with Gasteiger partial charge in [-0.2, -0.15) is 0 Å².